The molecule has 0 radical (unpaired) electrons. The molecule has 5 heteroatoms. The van der Waals surface area contributed by atoms with Crippen LogP contribution in [0.2, 0.25) is 0 Å². The minimum absolute atomic E-state index is 0.0810. The molecule has 0 aromatic carbocycles. The minimum atomic E-state index is -0.0903. The SMILES string of the molecule is Cc1cccn(C)c1=O.O=c1[nH]cccc1Br. The summed E-state index contributed by atoms with van der Waals surface area (Å²) in [6.07, 6.45) is 3.34. The Bertz CT molecular complexity index is 578. The third kappa shape index (κ3) is 4.03. The summed E-state index contributed by atoms with van der Waals surface area (Å²) in [4.78, 5) is 23.9. The zero-order valence-electron chi connectivity index (χ0n) is 9.61. The molecule has 0 atom stereocenters. The van der Waals surface area contributed by atoms with E-state index in [9.17, 15) is 9.59 Å². The van der Waals surface area contributed by atoms with E-state index in [1.54, 1.807) is 36.1 Å². The topological polar surface area (TPSA) is 54.9 Å². The molecule has 4 nitrogen and oxygen atoms in total. The van der Waals surface area contributed by atoms with Crippen molar-refractivity contribution in [2.45, 2.75) is 6.92 Å². The Morgan fingerprint density at radius 1 is 1.24 bits per heavy atom. The summed E-state index contributed by atoms with van der Waals surface area (Å²) in [7, 11) is 1.75. The van der Waals surface area contributed by atoms with E-state index in [-0.39, 0.29) is 11.1 Å². The molecule has 2 aromatic heterocycles. The predicted molar refractivity (Wildman–Crippen MR) is 71.2 cm³/mol. The van der Waals surface area contributed by atoms with E-state index in [2.05, 4.69) is 20.9 Å². The van der Waals surface area contributed by atoms with E-state index in [1.165, 1.54) is 0 Å². The van der Waals surface area contributed by atoms with Crippen molar-refractivity contribution < 1.29 is 0 Å². The Morgan fingerprint density at radius 3 is 2.35 bits per heavy atom. The number of halogens is 1. The van der Waals surface area contributed by atoms with Crippen molar-refractivity contribution in [3.8, 4) is 0 Å². The molecule has 90 valence electrons. The molecular weight excluding hydrogens is 284 g/mol. The molecule has 17 heavy (non-hydrogen) atoms. The van der Waals surface area contributed by atoms with Gasteiger partial charge in [-0.1, -0.05) is 6.07 Å². The zero-order chi connectivity index (χ0) is 12.8. The highest BCUT2D eigenvalue weighted by Crippen LogP contribution is 1.97. The quantitative estimate of drug-likeness (QED) is 0.806. The molecule has 0 saturated carbocycles. The molecule has 2 rings (SSSR count). The van der Waals surface area contributed by atoms with Crippen molar-refractivity contribution in [1.82, 2.24) is 9.55 Å². The van der Waals surface area contributed by atoms with Crippen molar-refractivity contribution >= 4 is 15.9 Å². The van der Waals surface area contributed by atoms with Crippen LogP contribution in [-0.4, -0.2) is 9.55 Å². The smallest absolute Gasteiger partial charge is 0.262 e. The summed E-state index contributed by atoms with van der Waals surface area (Å²) in [5.41, 5.74) is 0.782. The van der Waals surface area contributed by atoms with Gasteiger partial charge in [-0.25, -0.2) is 0 Å². The van der Waals surface area contributed by atoms with E-state index in [1.807, 2.05) is 19.1 Å². The highest BCUT2D eigenvalue weighted by atomic mass is 79.9. The Labute approximate surface area is 107 Å². The second kappa shape index (κ2) is 6.20. The number of aromatic nitrogens is 2. The molecule has 0 amide bonds. The van der Waals surface area contributed by atoms with Crippen LogP contribution in [0.5, 0.6) is 0 Å². The first kappa shape index (κ1) is 13.4. The van der Waals surface area contributed by atoms with Crippen LogP contribution in [0, 0.1) is 6.92 Å². The first-order valence-corrected chi connectivity index (χ1v) is 5.77. The van der Waals surface area contributed by atoms with E-state index in [4.69, 9.17) is 0 Å². The van der Waals surface area contributed by atoms with Crippen molar-refractivity contribution in [2.24, 2.45) is 7.05 Å². The van der Waals surface area contributed by atoms with Crippen molar-refractivity contribution in [2.75, 3.05) is 0 Å². The minimum Gasteiger partial charge on any atom is -0.328 e. The Morgan fingerprint density at radius 2 is 1.94 bits per heavy atom. The maximum absolute atomic E-state index is 10.9. The van der Waals surface area contributed by atoms with Gasteiger partial charge in [-0.05, 0) is 41.1 Å². The zero-order valence-corrected chi connectivity index (χ0v) is 11.2. The molecular formula is C12H13BrN2O2. The first-order valence-electron chi connectivity index (χ1n) is 4.98. The van der Waals surface area contributed by atoms with Crippen molar-refractivity contribution in [3.05, 3.63) is 67.4 Å². The fourth-order valence-electron chi connectivity index (χ4n) is 1.13. The van der Waals surface area contributed by atoms with Gasteiger partial charge in [-0.2, -0.15) is 0 Å². The standard InChI is InChI=1S/C7H9NO.C5H4BrNO/c1-6-4-3-5-8(2)7(6)9;6-4-2-1-3-7-5(4)8/h3-5H,1-2H3;1-3H,(H,7,8). The molecule has 2 heterocycles. The van der Waals surface area contributed by atoms with Gasteiger partial charge in [0.1, 0.15) is 0 Å². The molecule has 0 fully saturated rings. The van der Waals surface area contributed by atoms with Crippen molar-refractivity contribution in [1.29, 1.82) is 0 Å². The number of hydrogen-bond donors (Lipinski definition) is 1. The number of H-pyrrole nitrogens is 1. The number of nitrogens with zero attached hydrogens (tertiary/aromatic N) is 1. The van der Waals surface area contributed by atoms with Crippen LogP contribution in [0.4, 0.5) is 0 Å². The van der Waals surface area contributed by atoms with E-state index in [0.717, 1.165) is 5.56 Å². The fourth-order valence-corrected chi connectivity index (χ4v) is 1.40. The van der Waals surface area contributed by atoms with Crippen LogP contribution >= 0.6 is 15.9 Å². The third-order valence-electron chi connectivity index (χ3n) is 2.08. The van der Waals surface area contributed by atoms with Gasteiger partial charge in [0.2, 0.25) is 0 Å². The van der Waals surface area contributed by atoms with Gasteiger partial charge in [-0.15, -0.1) is 0 Å². The summed E-state index contributed by atoms with van der Waals surface area (Å²) < 4.78 is 2.13. The molecule has 0 unspecified atom stereocenters. The number of aromatic amines is 1. The highest BCUT2D eigenvalue weighted by Gasteiger charge is 1.90. The van der Waals surface area contributed by atoms with Gasteiger partial charge in [0.15, 0.2) is 0 Å². The lowest BCUT2D eigenvalue weighted by Gasteiger charge is -1.94. The fraction of sp³-hybridized carbons (Fsp3) is 0.167. The molecule has 0 aliphatic carbocycles. The maximum Gasteiger partial charge on any atom is 0.262 e. The van der Waals surface area contributed by atoms with E-state index >= 15 is 0 Å². The van der Waals surface area contributed by atoms with Crippen LogP contribution < -0.4 is 11.1 Å². The van der Waals surface area contributed by atoms with Gasteiger partial charge in [0.05, 0.1) is 4.47 Å². The first-order chi connectivity index (χ1) is 8.02. The van der Waals surface area contributed by atoms with Crippen LogP contribution in [0.1, 0.15) is 5.56 Å². The van der Waals surface area contributed by atoms with Gasteiger partial charge in [0, 0.05) is 25.0 Å². The monoisotopic (exact) mass is 296 g/mol. The largest absolute Gasteiger partial charge is 0.328 e. The Balaban J connectivity index is 0.000000171. The molecule has 2 aromatic rings. The molecule has 0 aliphatic heterocycles. The van der Waals surface area contributed by atoms with Crippen LogP contribution in [-0.2, 0) is 7.05 Å². The number of nitrogens with one attached hydrogen (secondary N) is 1. The molecule has 1 N–H and O–H groups in total. The second-order valence-electron chi connectivity index (χ2n) is 3.45. The van der Waals surface area contributed by atoms with Crippen LogP contribution in [0.3, 0.4) is 0 Å². The number of rotatable bonds is 0. The van der Waals surface area contributed by atoms with Gasteiger partial charge in [-0.3, -0.25) is 9.59 Å². The Hall–Kier alpha value is -1.62. The van der Waals surface area contributed by atoms with Crippen LogP contribution in [0.25, 0.3) is 0 Å². The van der Waals surface area contributed by atoms with E-state index < -0.39 is 0 Å². The summed E-state index contributed by atoms with van der Waals surface area (Å²) in [6.45, 7) is 1.81. The van der Waals surface area contributed by atoms with E-state index in [0.29, 0.717) is 4.47 Å². The molecule has 0 bridgehead atoms. The number of hydrogen-bond acceptors (Lipinski definition) is 2. The van der Waals surface area contributed by atoms with Crippen LogP contribution in [0.15, 0.2) is 50.7 Å². The van der Waals surface area contributed by atoms with Gasteiger partial charge < -0.3 is 9.55 Å². The second-order valence-corrected chi connectivity index (χ2v) is 4.31. The summed E-state index contributed by atoms with van der Waals surface area (Å²) in [5.74, 6) is 0. The number of pyridine rings is 2. The average Bonchev–Trinajstić information content (AvgIpc) is 2.31. The molecule has 0 spiro atoms. The summed E-state index contributed by atoms with van der Waals surface area (Å²) in [5, 5.41) is 0. The third-order valence-corrected chi connectivity index (χ3v) is 2.71. The number of aryl methyl sites for hydroxylation is 2. The average molecular weight is 297 g/mol. The lowest BCUT2D eigenvalue weighted by atomic mass is 10.3. The van der Waals surface area contributed by atoms with Gasteiger partial charge >= 0.3 is 0 Å². The highest BCUT2D eigenvalue weighted by molar-refractivity contribution is 9.10. The van der Waals surface area contributed by atoms with Crippen molar-refractivity contribution in [3.63, 3.8) is 0 Å². The normalized spacial score (nSPS) is 9.35. The lowest BCUT2D eigenvalue weighted by molar-refractivity contribution is 0.849. The molecule has 0 saturated heterocycles. The Kier molecular flexibility index (Phi) is 4.90. The maximum atomic E-state index is 10.9. The lowest BCUT2D eigenvalue weighted by Crippen LogP contribution is -2.17. The predicted octanol–water partition coefficient (Wildman–Crippen LogP) is 1.83. The summed E-state index contributed by atoms with van der Waals surface area (Å²) >= 11 is 3.05. The van der Waals surface area contributed by atoms with Gasteiger partial charge in [0.25, 0.3) is 11.1 Å². The molecule has 0 aliphatic rings. The summed E-state index contributed by atoms with van der Waals surface area (Å²) in [6, 6.07) is 7.11.